The monoisotopic (exact) mass is 740 g/mol. The van der Waals surface area contributed by atoms with Crippen LogP contribution in [0, 0.1) is 6.92 Å². The van der Waals surface area contributed by atoms with Crippen molar-refractivity contribution in [3.8, 4) is 5.75 Å². The van der Waals surface area contributed by atoms with E-state index in [0.717, 1.165) is 48.6 Å². The van der Waals surface area contributed by atoms with Crippen LogP contribution in [0.15, 0.2) is 41.6 Å². The fourth-order valence-electron chi connectivity index (χ4n) is 4.54. The van der Waals surface area contributed by atoms with Crippen molar-refractivity contribution in [1.82, 2.24) is 20.0 Å². The second-order valence-electron chi connectivity index (χ2n) is 11.6. The molecule has 0 bridgehead atoms. The predicted molar refractivity (Wildman–Crippen MR) is 218 cm³/mol. The number of nitrogens with zero attached hydrogens (tertiary/aromatic N) is 3. The minimum Gasteiger partial charge on any atom is -0.484 e. The second kappa shape index (κ2) is 33.5. The Balaban J connectivity index is -0.00000201. The van der Waals surface area contributed by atoms with Crippen LogP contribution < -0.4 is 15.4 Å². The van der Waals surface area contributed by atoms with Crippen molar-refractivity contribution < 1.29 is 36.2 Å². The topological polar surface area (TPSA) is 122 Å². The van der Waals surface area contributed by atoms with Crippen LogP contribution in [0.2, 0.25) is 0 Å². The largest absolute Gasteiger partial charge is 0.484 e. The van der Waals surface area contributed by atoms with Crippen molar-refractivity contribution >= 4 is 23.4 Å². The third kappa shape index (κ3) is 24.8. The van der Waals surface area contributed by atoms with Crippen LogP contribution in [0.5, 0.6) is 5.75 Å². The molecule has 0 atom stereocenters. The molecular weight excluding hydrogens is 662 g/mol. The molecule has 0 fully saturated rings. The molecule has 0 radical (unpaired) electrons. The van der Waals surface area contributed by atoms with Crippen LogP contribution in [-0.2, 0) is 28.6 Å². The van der Waals surface area contributed by atoms with E-state index in [0.29, 0.717) is 71.4 Å². The highest BCUT2D eigenvalue weighted by molar-refractivity contribution is 5.93. The molecule has 2 N–H and O–H groups in total. The SMILES string of the molecule is C/C=C(C)\C(=C/C)NC(=O)CN(C)CCCOCCOCCOCCCN(C)C(=O)COc1ccc(NC(=O)CN(CC)CC)c(C)c1.CC.CC.[HH].[HH]. The zero-order valence-corrected chi connectivity index (χ0v) is 34.7. The molecule has 12 heteroatoms. The number of carbonyl (C=O) groups excluding carboxylic acids is 3. The quantitative estimate of drug-likeness (QED) is 0.0821. The van der Waals surface area contributed by atoms with Gasteiger partial charge in [0.1, 0.15) is 5.75 Å². The number of rotatable bonds is 26. The van der Waals surface area contributed by atoms with Gasteiger partial charge in [-0.3, -0.25) is 24.2 Å². The molecule has 304 valence electrons. The molecule has 0 aromatic heterocycles. The van der Waals surface area contributed by atoms with Crippen molar-refractivity contribution in [2.75, 3.05) is 105 Å². The lowest BCUT2D eigenvalue weighted by atomic mass is 10.2. The number of allylic oxidation sites excluding steroid dienone is 3. The molecular formula is C40H77N5O7. The number of ether oxygens (including phenoxy) is 4. The lowest BCUT2D eigenvalue weighted by Crippen LogP contribution is -2.35. The number of carbonyl (C=O) groups is 3. The molecule has 3 amide bonds. The highest BCUT2D eigenvalue weighted by atomic mass is 16.5. The van der Waals surface area contributed by atoms with E-state index in [1.165, 1.54) is 0 Å². The molecule has 12 nitrogen and oxygen atoms in total. The molecule has 0 saturated carbocycles. The third-order valence-corrected chi connectivity index (χ3v) is 7.71. The molecule has 52 heavy (non-hydrogen) atoms. The van der Waals surface area contributed by atoms with Gasteiger partial charge in [-0.05, 0) is 90.0 Å². The van der Waals surface area contributed by atoms with E-state index >= 15 is 0 Å². The molecule has 0 unspecified atom stereocenters. The van der Waals surface area contributed by atoms with Crippen LogP contribution >= 0.6 is 0 Å². The van der Waals surface area contributed by atoms with Crippen molar-refractivity contribution in [2.24, 2.45) is 0 Å². The first-order chi connectivity index (χ1) is 25.0. The van der Waals surface area contributed by atoms with E-state index in [4.69, 9.17) is 18.9 Å². The minimum absolute atomic E-state index is 0. The second-order valence-corrected chi connectivity index (χ2v) is 11.6. The summed E-state index contributed by atoms with van der Waals surface area (Å²) in [5.41, 5.74) is 3.49. The normalized spacial score (nSPS) is 11.3. The number of nitrogens with one attached hydrogen (secondary N) is 2. The van der Waals surface area contributed by atoms with Gasteiger partial charge < -0.3 is 34.5 Å². The van der Waals surface area contributed by atoms with E-state index in [1.807, 2.05) is 104 Å². The molecule has 0 spiro atoms. The Labute approximate surface area is 319 Å². The highest BCUT2D eigenvalue weighted by Crippen LogP contribution is 2.21. The zero-order chi connectivity index (χ0) is 39.7. The van der Waals surface area contributed by atoms with Crippen LogP contribution in [0.1, 0.15) is 83.6 Å². The maximum absolute atomic E-state index is 12.5. The van der Waals surface area contributed by atoms with Gasteiger partial charge in [0, 0.05) is 47.6 Å². The standard InChI is InChI=1S/C36H61N5O7.2C2H6.2H2/c1-9-29(5)32(10-2)37-34(42)26-39(7)17-13-19-45-21-23-47-24-22-46-20-14-18-40(8)36(44)28-48-31-15-16-33(30(6)25-31)38-35(43)27-41(11-3)12-4;2*1-2;;/h9-10,15-16,25H,11-14,17-24,26-28H2,1-8H3,(H,37,42)(H,38,43);2*1-2H3;2*1H/b29-9-,32-10+;;;;. The number of hydrogen-bond donors (Lipinski definition) is 2. The summed E-state index contributed by atoms with van der Waals surface area (Å²) in [7, 11) is 3.67. The van der Waals surface area contributed by atoms with Gasteiger partial charge >= 0.3 is 0 Å². The molecule has 0 aliphatic carbocycles. The Morgan fingerprint density at radius 1 is 0.788 bits per heavy atom. The minimum atomic E-state index is -0.122. The van der Waals surface area contributed by atoms with Gasteiger partial charge in [0.25, 0.3) is 5.91 Å². The molecule has 0 aliphatic rings. The summed E-state index contributed by atoms with van der Waals surface area (Å²) in [5.74, 6) is 0.369. The first kappa shape index (κ1) is 50.8. The summed E-state index contributed by atoms with van der Waals surface area (Å²) >= 11 is 0. The van der Waals surface area contributed by atoms with E-state index in [9.17, 15) is 14.4 Å². The average molecular weight is 740 g/mol. The van der Waals surface area contributed by atoms with Crippen LogP contribution in [0.25, 0.3) is 0 Å². The zero-order valence-electron chi connectivity index (χ0n) is 34.7. The Hall–Kier alpha value is -3.29. The summed E-state index contributed by atoms with van der Waals surface area (Å²) in [5, 5.41) is 5.89. The van der Waals surface area contributed by atoms with Gasteiger partial charge in [-0.25, -0.2) is 0 Å². The maximum Gasteiger partial charge on any atom is 0.260 e. The van der Waals surface area contributed by atoms with Crippen molar-refractivity contribution in [3.63, 3.8) is 0 Å². The summed E-state index contributed by atoms with van der Waals surface area (Å²) in [6.07, 6.45) is 5.40. The number of aryl methyl sites for hydroxylation is 1. The van der Waals surface area contributed by atoms with Crippen LogP contribution in [-0.4, -0.2) is 132 Å². The van der Waals surface area contributed by atoms with Gasteiger partial charge in [-0.1, -0.05) is 53.7 Å². The Bertz CT molecular complexity index is 1170. The number of hydrogen-bond acceptors (Lipinski definition) is 9. The Kier molecular flexibility index (Phi) is 32.8. The Morgan fingerprint density at radius 2 is 1.35 bits per heavy atom. The summed E-state index contributed by atoms with van der Waals surface area (Å²) < 4.78 is 22.5. The lowest BCUT2D eigenvalue weighted by Gasteiger charge is -2.19. The summed E-state index contributed by atoms with van der Waals surface area (Å²) in [6.45, 7) is 26.4. The van der Waals surface area contributed by atoms with E-state index in [2.05, 4.69) is 10.6 Å². The van der Waals surface area contributed by atoms with Crippen LogP contribution in [0.3, 0.4) is 0 Å². The maximum atomic E-state index is 12.5. The fourth-order valence-corrected chi connectivity index (χ4v) is 4.54. The van der Waals surface area contributed by atoms with Gasteiger partial charge in [0.2, 0.25) is 11.8 Å². The van der Waals surface area contributed by atoms with Gasteiger partial charge in [-0.15, -0.1) is 0 Å². The lowest BCUT2D eigenvalue weighted by molar-refractivity contribution is -0.132. The predicted octanol–water partition coefficient (Wildman–Crippen LogP) is 6.40. The van der Waals surface area contributed by atoms with Crippen molar-refractivity contribution in [3.05, 3.63) is 47.2 Å². The number of likely N-dealkylation sites (N-methyl/N-ethyl adjacent to an activating group) is 3. The third-order valence-electron chi connectivity index (χ3n) is 7.71. The van der Waals surface area contributed by atoms with E-state index in [-0.39, 0.29) is 27.2 Å². The number of amides is 3. The first-order valence-corrected chi connectivity index (χ1v) is 19.0. The van der Waals surface area contributed by atoms with Crippen molar-refractivity contribution in [1.29, 1.82) is 0 Å². The first-order valence-electron chi connectivity index (χ1n) is 19.0. The fraction of sp³-hybridized carbons (Fsp3) is 0.675. The van der Waals surface area contributed by atoms with Crippen LogP contribution in [0.4, 0.5) is 5.69 Å². The van der Waals surface area contributed by atoms with Gasteiger partial charge in [0.15, 0.2) is 6.61 Å². The average Bonchev–Trinajstić information content (AvgIpc) is 3.15. The van der Waals surface area contributed by atoms with Gasteiger partial charge in [-0.2, -0.15) is 0 Å². The van der Waals surface area contributed by atoms with E-state index in [1.54, 1.807) is 24.1 Å². The molecule has 1 rings (SSSR count). The highest BCUT2D eigenvalue weighted by Gasteiger charge is 2.12. The van der Waals surface area contributed by atoms with Gasteiger partial charge in [0.05, 0.1) is 39.5 Å². The molecule has 1 aromatic rings. The molecule has 1 aromatic carbocycles. The number of anilines is 1. The summed E-state index contributed by atoms with van der Waals surface area (Å²) in [6, 6.07) is 5.37. The Morgan fingerprint density at radius 3 is 1.87 bits per heavy atom. The smallest absolute Gasteiger partial charge is 0.260 e. The number of benzene rings is 1. The molecule has 0 saturated heterocycles. The van der Waals surface area contributed by atoms with E-state index < -0.39 is 0 Å². The molecule has 0 aliphatic heterocycles. The molecule has 0 heterocycles. The van der Waals surface area contributed by atoms with Crippen molar-refractivity contribution in [2.45, 2.75) is 82.1 Å². The summed E-state index contributed by atoms with van der Waals surface area (Å²) in [4.78, 5) is 42.7.